The molecule has 0 spiro atoms. The quantitative estimate of drug-likeness (QED) is 0.744. The lowest BCUT2D eigenvalue weighted by Gasteiger charge is -2.24. The van der Waals surface area contributed by atoms with E-state index in [0.29, 0.717) is 0 Å². The van der Waals surface area contributed by atoms with Gasteiger partial charge in [-0.05, 0) is 32.9 Å². The van der Waals surface area contributed by atoms with Crippen LogP contribution in [0.25, 0.3) is 10.9 Å². The van der Waals surface area contributed by atoms with E-state index in [1.54, 1.807) is 4.57 Å². The van der Waals surface area contributed by atoms with Crippen LogP contribution in [0.5, 0.6) is 0 Å². The number of benzene rings is 1. The van der Waals surface area contributed by atoms with E-state index in [4.69, 9.17) is 4.74 Å². The van der Waals surface area contributed by atoms with Gasteiger partial charge < -0.3 is 4.74 Å². The number of fused-ring (bicyclic) bond motifs is 1. The number of ether oxygens (including phenoxy) is 1. The number of nitrogens with zero attached hydrogens (tertiary/aromatic N) is 1. The topological polar surface area (TPSA) is 31.2 Å². The summed E-state index contributed by atoms with van der Waals surface area (Å²) in [6.07, 6.45) is -0.281. The summed E-state index contributed by atoms with van der Waals surface area (Å²) in [6, 6.07) is 10.1. The summed E-state index contributed by atoms with van der Waals surface area (Å²) in [5.74, 6) is 0. The number of hydrogen-bond donors (Lipinski definition) is 0. The van der Waals surface area contributed by atoms with Gasteiger partial charge in [0.25, 0.3) is 0 Å². The Bertz CT molecular complexity index is 645. The summed E-state index contributed by atoms with van der Waals surface area (Å²) in [4.78, 5) is 12.6. The second kappa shape index (κ2) is 4.77. The first-order chi connectivity index (χ1) is 9.09. The van der Waals surface area contributed by atoms with Gasteiger partial charge in [-0.25, -0.2) is 4.79 Å². The molecule has 0 atom stereocenters. The van der Waals surface area contributed by atoms with Crippen LogP contribution in [-0.2, 0) is 4.74 Å². The van der Waals surface area contributed by atoms with Crippen LogP contribution in [0.15, 0.2) is 30.3 Å². The number of aromatic nitrogens is 1. The molecular weight excluding hydrogens is 266 g/mol. The zero-order valence-corrected chi connectivity index (χ0v) is 14.2. The van der Waals surface area contributed by atoms with Crippen LogP contribution in [0.4, 0.5) is 4.79 Å². The standard InChI is InChI=1S/C16H23NO2Si/c1-16(2,3)19-15(18)17-13-10-8-7-9-12(13)11-14(17)20(4,5)6/h7-11H,1-6H3. The van der Waals surface area contributed by atoms with Crippen LogP contribution in [0.3, 0.4) is 0 Å². The smallest absolute Gasteiger partial charge is 0.418 e. The highest BCUT2D eigenvalue weighted by molar-refractivity contribution is 6.88. The molecule has 0 aliphatic rings. The third-order valence-electron chi connectivity index (χ3n) is 3.06. The van der Waals surface area contributed by atoms with Gasteiger partial charge in [-0.3, -0.25) is 4.57 Å². The van der Waals surface area contributed by atoms with E-state index in [-0.39, 0.29) is 6.09 Å². The van der Waals surface area contributed by atoms with Gasteiger partial charge in [0.15, 0.2) is 0 Å². The Kier molecular flexibility index (Phi) is 3.54. The normalized spacial score (nSPS) is 12.7. The Hall–Kier alpha value is -1.55. The van der Waals surface area contributed by atoms with E-state index < -0.39 is 13.7 Å². The van der Waals surface area contributed by atoms with Gasteiger partial charge >= 0.3 is 6.09 Å². The van der Waals surface area contributed by atoms with Crippen LogP contribution in [0.2, 0.25) is 19.6 Å². The molecule has 2 aromatic rings. The molecule has 1 heterocycles. The van der Waals surface area contributed by atoms with Gasteiger partial charge in [-0.1, -0.05) is 37.8 Å². The Balaban J connectivity index is 2.63. The van der Waals surface area contributed by atoms with Crippen molar-refractivity contribution in [1.29, 1.82) is 0 Å². The number of carbonyl (C=O) groups is 1. The van der Waals surface area contributed by atoms with E-state index in [9.17, 15) is 4.79 Å². The summed E-state index contributed by atoms with van der Waals surface area (Å²) < 4.78 is 7.33. The molecule has 0 aliphatic heterocycles. The molecule has 0 amide bonds. The minimum atomic E-state index is -1.64. The summed E-state index contributed by atoms with van der Waals surface area (Å²) in [5, 5.41) is 2.20. The molecule has 3 nitrogen and oxygen atoms in total. The van der Waals surface area contributed by atoms with Crippen LogP contribution >= 0.6 is 0 Å². The average Bonchev–Trinajstić information content (AvgIpc) is 2.65. The van der Waals surface area contributed by atoms with Gasteiger partial charge in [0.1, 0.15) is 5.60 Å². The molecule has 0 aliphatic carbocycles. The Morgan fingerprint density at radius 1 is 1.15 bits per heavy atom. The second-order valence-corrected chi connectivity index (χ2v) is 12.2. The molecule has 0 saturated heterocycles. The lowest BCUT2D eigenvalue weighted by Crippen LogP contribution is -2.45. The first-order valence-electron chi connectivity index (χ1n) is 6.94. The summed E-state index contributed by atoms with van der Waals surface area (Å²) in [5.41, 5.74) is 0.443. The van der Waals surface area contributed by atoms with E-state index in [2.05, 4.69) is 25.7 Å². The van der Waals surface area contributed by atoms with Crippen molar-refractivity contribution in [3.8, 4) is 0 Å². The molecule has 0 radical (unpaired) electrons. The molecule has 0 N–H and O–H groups in total. The minimum Gasteiger partial charge on any atom is -0.443 e. The van der Waals surface area contributed by atoms with Gasteiger partial charge in [-0.2, -0.15) is 0 Å². The van der Waals surface area contributed by atoms with Crippen molar-refractivity contribution >= 4 is 30.4 Å². The maximum Gasteiger partial charge on any atom is 0.418 e. The summed E-state index contributed by atoms with van der Waals surface area (Å²) >= 11 is 0. The van der Waals surface area contributed by atoms with Gasteiger partial charge in [0.2, 0.25) is 0 Å². The monoisotopic (exact) mass is 289 g/mol. The van der Waals surface area contributed by atoms with Crippen molar-refractivity contribution in [3.05, 3.63) is 30.3 Å². The predicted octanol–water partition coefficient (Wildman–Crippen LogP) is 3.97. The number of rotatable bonds is 1. The zero-order chi connectivity index (χ0) is 15.1. The summed E-state index contributed by atoms with van der Waals surface area (Å²) in [7, 11) is -1.64. The van der Waals surface area contributed by atoms with Crippen molar-refractivity contribution in [1.82, 2.24) is 4.57 Å². The van der Waals surface area contributed by atoms with Gasteiger partial charge in [0, 0.05) is 10.7 Å². The van der Waals surface area contributed by atoms with Gasteiger partial charge in [0.05, 0.1) is 13.6 Å². The SMILES string of the molecule is CC(C)(C)OC(=O)n1c([Si](C)(C)C)cc2ccccc21. The Morgan fingerprint density at radius 3 is 2.30 bits per heavy atom. The van der Waals surface area contributed by atoms with Crippen molar-refractivity contribution in [2.75, 3.05) is 0 Å². The maximum atomic E-state index is 12.6. The lowest BCUT2D eigenvalue weighted by atomic mass is 10.2. The van der Waals surface area contributed by atoms with Crippen LogP contribution < -0.4 is 5.32 Å². The van der Waals surface area contributed by atoms with Crippen LogP contribution in [0, 0.1) is 0 Å². The molecule has 4 heteroatoms. The first-order valence-corrected chi connectivity index (χ1v) is 10.4. The zero-order valence-electron chi connectivity index (χ0n) is 13.2. The number of para-hydroxylation sites is 1. The van der Waals surface area contributed by atoms with Crippen molar-refractivity contribution in [2.45, 2.75) is 46.0 Å². The van der Waals surface area contributed by atoms with Crippen LogP contribution in [-0.4, -0.2) is 24.3 Å². The minimum absolute atomic E-state index is 0.281. The highest BCUT2D eigenvalue weighted by atomic mass is 28.3. The Labute approximate surface area is 121 Å². The highest BCUT2D eigenvalue weighted by Gasteiger charge is 2.28. The van der Waals surface area contributed by atoms with Crippen molar-refractivity contribution in [2.24, 2.45) is 0 Å². The second-order valence-electron chi connectivity index (χ2n) is 7.15. The third-order valence-corrected chi connectivity index (χ3v) is 4.96. The predicted molar refractivity (Wildman–Crippen MR) is 86.6 cm³/mol. The molecule has 0 unspecified atom stereocenters. The molecule has 0 bridgehead atoms. The molecule has 2 rings (SSSR count). The third kappa shape index (κ3) is 2.95. The van der Waals surface area contributed by atoms with E-state index in [1.807, 2.05) is 45.0 Å². The fourth-order valence-corrected chi connectivity index (χ4v) is 3.68. The number of hydrogen-bond acceptors (Lipinski definition) is 2. The molecule has 1 aromatic carbocycles. The van der Waals surface area contributed by atoms with Crippen molar-refractivity contribution in [3.63, 3.8) is 0 Å². The molecule has 0 fully saturated rings. The van der Waals surface area contributed by atoms with Gasteiger partial charge in [-0.15, -0.1) is 0 Å². The fraction of sp³-hybridized carbons (Fsp3) is 0.438. The molecular formula is C16H23NO2Si. The number of carbonyl (C=O) groups excluding carboxylic acids is 1. The molecule has 20 heavy (non-hydrogen) atoms. The summed E-state index contributed by atoms with van der Waals surface area (Å²) in [6.45, 7) is 12.4. The van der Waals surface area contributed by atoms with E-state index >= 15 is 0 Å². The van der Waals surface area contributed by atoms with Crippen molar-refractivity contribution < 1.29 is 9.53 Å². The highest BCUT2D eigenvalue weighted by Crippen LogP contribution is 2.19. The first kappa shape index (κ1) is 14.8. The largest absolute Gasteiger partial charge is 0.443 e. The van der Waals surface area contributed by atoms with Crippen LogP contribution in [0.1, 0.15) is 20.8 Å². The maximum absolute atomic E-state index is 12.6. The average molecular weight is 289 g/mol. The Morgan fingerprint density at radius 2 is 1.75 bits per heavy atom. The van der Waals surface area contributed by atoms with E-state index in [0.717, 1.165) is 16.2 Å². The van der Waals surface area contributed by atoms with E-state index in [1.165, 1.54) is 0 Å². The fourth-order valence-electron chi connectivity index (χ4n) is 2.21. The molecule has 108 valence electrons. The molecule has 0 saturated carbocycles. The lowest BCUT2D eigenvalue weighted by molar-refractivity contribution is 0.0549. The molecule has 1 aromatic heterocycles.